The first-order chi connectivity index (χ1) is 13.7. The Morgan fingerprint density at radius 3 is 1.96 bits per heavy atom. The van der Waals surface area contributed by atoms with E-state index in [2.05, 4.69) is 24.3 Å². The van der Waals surface area contributed by atoms with Gasteiger partial charge in [-0.2, -0.15) is 0 Å². The summed E-state index contributed by atoms with van der Waals surface area (Å²) in [5.41, 5.74) is 4.30. The number of halogens is 1. The summed E-state index contributed by atoms with van der Waals surface area (Å²) < 4.78 is 17.1. The first-order valence-corrected chi connectivity index (χ1v) is 9.45. The van der Waals surface area contributed by atoms with E-state index in [0.29, 0.717) is 24.0 Å². The number of fused-ring (bicyclic) bond motifs is 5. The van der Waals surface area contributed by atoms with Crippen molar-refractivity contribution in [3.8, 4) is 16.9 Å². The lowest BCUT2D eigenvalue weighted by atomic mass is 9.79. The molecule has 3 aromatic carbocycles. The van der Waals surface area contributed by atoms with Crippen LogP contribution in [0.3, 0.4) is 0 Å². The molecule has 0 amide bonds. The van der Waals surface area contributed by atoms with Crippen molar-refractivity contribution in [1.82, 2.24) is 0 Å². The Bertz CT molecular complexity index is 989. The third-order valence-corrected chi connectivity index (χ3v) is 5.61. The van der Waals surface area contributed by atoms with Gasteiger partial charge in [0.05, 0.1) is 18.6 Å². The van der Waals surface area contributed by atoms with E-state index in [4.69, 9.17) is 25.8 Å². The lowest BCUT2D eigenvalue weighted by Crippen LogP contribution is -2.48. The molecule has 1 aliphatic carbocycles. The van der Waals surface area contributed by atoms with Crippen LogP contribution in [-0.4, -0.2) is 25.5 Å². The van der Waals surface area contributed by atoms with E-state index < -0.39 is 17.7 Å². The molecule has 5 rings (SSSR count). The highest BCUT2D eigenvalue weighted by atomic mass is 35.5. The van der Waals surface area contributed by atoms with Crippen LogP contribution in [0.2, 0.25) is 5.02 Å². The second kappa shape index (κ2) is 6.74. The van der Waals surface area contributed by atoms with Gasteiger partial charge in [0.1, 0.15) is 5.75 Å². The van der Waals surface area contributed by atoms with Gasteiger partial charge in [0, 0.05) is 5.02 Å². The minimum atomic E-state index is -1.05. The molecular weight excluding hydrogens is 376 g/mol. The van der Waals surface area contributed by atoms with Gasteiger partial charge in [-0.1, -0.05) is 60.1 Å². The van der Waals surface area contributed by atoms with Gasteiger partial charge in [-0.05, 0) is 46.5 Å². The Kier molecular flexibility index (Phi) is 4.20. The van der Waals surface area contributed by atoms with E-state index in [0.717, 1.165) is 0 Å². The maximum absolute atomic E-state index is 12.4. The summed E-state index contributed by atoms with van der Waals surface area (Å²) in [6, 6.07) is 23.1. The molecule has 3 aromatic rings. The van der Waals surface area contributed by atoms with Gasteiger partial charge in [-0.25, -0.2) is 4.79 Å². The average molecular weight is 393 g/mol. The van der Waals surface area contributed by atoms with Crippen molar-refractivity contribution in [1.29, 1.82) is 0 Å². The number of benzene rings is 3. The van der Waals surface area contributed by atoms with E-state index in [1.54, 1.807) is 24.3 Å². The van der Waals surface area contributed by atoms with Crippen LogP contribution in [0, 0.1) is 0 Å². The normalized spacial score (nSPS) is 17.2. The Hall–Kier alpha value is -2.66. The summed E-state index contributed by atoms with van der Waals surface area (Å²) in [4.78, 5) is 12.4. The molecule has 0 radical (unpaired) electrons. The van der Waals surface area contributed by atoms with Gasteiger partial charge >= 0.3 is 5.97 Å². The van der Waals surface area contributed by atoms with E-state index >= 15 is 0 Å². The standard InChI is InChI=1S/C23H17ClO4/c24-15-9-11-16(12-10-15)28-21(25)22-26-13-23(14-27-22)19-7-3-1-5-17(19)18-6-2-4-8-20(18)23/h1-12,22H,13-14H2. The molecule has 140 valence electrons. The van der Waals surface area contributed by atoms with Crippen molar-refractivity contribution in [2.75, 3.05) is 13.2 Å². The second-order valence-electron chi connectivity index (χ2n) is 7.00. The van der Waals surface area contributed by atoms with Gasteiger partial charge in [0.2, 0.25) is 0 Å². The van der Waals surface area contributed by atoms with Crippen LogP contribution >= 0.6 is 11.6 Å². The summed E-state index contributed by atoms with van der Waals surface area (Å²) >= 11 is 5.86. The minimum absolute atomic E-state index is 0.349. The Morgan fingerprint density at radius 2 is 1.39 bits per heavy atom. The SMILES string of the molecule is O=C(Oc1ccc(Cl)cc1)C1OCC2(CO1)c1ccccc1-c1ccccc12. The fraction of sp³-hybridized carbons (Fsp3) is 0.174. The van der Waals surface area contributed by atoms with Gasteiger partial charge in [0.15, 0.2) is 0 Å². The van der Waals surface area contributed by atoms with Crippen LogP contribution in [0.4, 0.5) is 0 Å². The smallest absolute Gasteiger partial charge is 0.368 e. The van der Waals surface area contributed by atoms with Crippen molar-refractivity contribution in [2.24, 2.45) is 0 Å². The van der Waals surface area contributed by atoms with Crippen molar-refractivity contribution in [3.63, 3.8) is 0 Å². The zero-order valence-corrected chi connectivity index (χ0v) is 15.7. The maximum Gasteiger partial charge on any atom is 0.368 e. The fourth-order valence-electron chi connectivity index (χ4n) is 4.06. The molecule has 0 aromatic heterocycles. The molecule has 0 atom stereocenters. The lowest BCUT2D eigenvalue weighted by Gasteiger charge is -2.37. The number of hydrogen-bond donors (Lipinski definition) is 0. The molecule has 4 nitrogen and oxygen atoms in total. The van der Waals surface area contributed by atoms with Crippen molar-refractivity contribution < 1.29 is 19.0 Å². The predicted octanol–water partition coefficient (Wildman–Crippen LogP) is 4.59. The highest BCUT2D eigenvalue weighted by Gasteiger charge is 2.48. The van der Waals surface area contributed by atoms with Crippen LogP contribution < -0.4 is 4.74 Å². The van der Waals surface area contributed by atoms with Crippen LogP contribution in [0.5, 0.6) is 5.75 Å². The predicted molar refractivity (Wildman–Crippen MR) is 105 cm³/mol. The molecule has 1 fully saturated rings. The number of carbonyl (C=O) groups excluding carboxylic acids is 1. The molecule has 1 heterocycles. The highest BCUT2D eigenvalue weighted by Crippen LogP contribution is 2.50. The molecule has 5 heteroatoms. The zero-order valence-electron chi connectivity index (χ0n) is 14.9. The maximum atomic E-state index is 12.4. The largest absolute Gasteiger partial charge is 0.423 e. The summed E-state index contributed by atoms with van der Waals surface area (Å²) in [7, 11) is 0. The first kappa shape index (κ1) is 17.4. The van der Waals surface area contributed by atoms with Crippen LogP contribution in [-0.2, 0) is 19.7 Å². The molecule has 1 aliphatic heterocycles. The van der Waals surface area contributed by atoms with Crippen molar-refractivity contribution in [2.45, 2.75) is 11.7 Å². The van der Waals surface area contributed by atoms with E-state index in [1.807, 2.05) is 24.3 Å². The Balaban J connectivity index is 1.38. The molecule has 0 unspecified atom stereocenters. The van der Waals surface area contributed by atoms with E-state index in [-0.39, 0.29) is 0 Å². The molecule has 1 spiro atoms. The van der Waals surface area contributed by atoms with Crippen molar-refractivity contribution in [3.05, 3.63) is 88.9 Å². The quantitative estimate of drug-likeness (QED) is 0.473. The Labute approximate surface area is 167 Å². The number of ether oxygens (including phenoxy) is 3. The molecule has 28 heavy (non-hydrogen) atoms. The van der Waals surface area contributed by atoms with Crippen molar-refractivity contribution >= 4 is 17.6 Å². The van der Waals surface area contributed by atoms with E-state index in [9.17, 15) is 4.79 Å². The monoisotopic (exact) mass is 392 g/mol. The van der Waals surface area contributed by atoms with Crippen LogP contribution in [0.15, 0.2) is 72.8 Å². The highest BCUT2D eigenvalue weighted by molar-refractivity contribution is 6.30. The summed E-state index contributed by atoms with van der Waals surface area (Å²) in [6.45, 7) is 0.697. The molecular formula is C23H17ClO4. The first-order valence-electron chi connectivity index (χ1n) is 9.07. The molecule has 0 bridgehead atoms. The molecule has 0 N–H and O–H groups in total. The molecule has 2 aliphatic rings. The molecule has 0 saturated carbocycles. The van der Waals surface area contributed by atoms with Gasteiger partial charge in [-0.15, -0.1) is 0 Å². The summed E-state index contributed by atoms with van der Waals surface area (Å²) in [5.74, 6) is -0.171. The van der Waals surface area contributed by atoms with E-state index in [1.165, 1.54) is 22.3 Å². The minimum Gasteiger partial charge on any atom is -0.423 e. The third-order valence-electron chi connectivity index (χ3n) is 5.36. The van der Waals surface area contributed by atoms with Crippen LogP contribution in [0.1, 0.15) is 11.1 Å². The van der Waals surface area contributed by atoms with Gasteiger partial charge in [0.25, 0.3) is 6.29 Å². The average Bonchev–Trinajstić information content (AvgIpc) is 3.01. The molecule has 1 saturated heterocycles. The summed E-state index contributed by atoms with van der Waals surface area (Å²) in [5, 5.41) is 0.575. The topological polar surface area (TPSA) is 44.8 Å². The van der Waals surface area contributed by atoms with Gasteiger partial charge in [-0.3, -0.25) is 0 Å². The fourth-order valence-corrected chi connectivity index (χ4v) is 4.18. The van der Waals surface area contributed by atoms with Gasteiger partial charge < -0.3 is 14.2 Å². The Morgan fingerprint density at radius 1 is 0.857 bits per heavy atom. The number of rotatable bonds is 2. The van der Waals surface area contributed by atoms with Crippen LogP contribution in [0.25, 0.3) is 11.1 Å². The second-order valence-corrected chi connectivity index (χ2v) is 7.44. The third kappa shape index (κ3) is 2.73. The number of carbonyl (C=O) groups is 1. The number of esters is 1. The lowest BCUT2D eigenvalue weighted by molar-refractivity contribution is -0.215. The summed E-state index contributed by atoms with van der Waals surface area (Å²) in [6.07, 6.45) is -1.05. The number of hydrogen-bond acceptors (Lipinski definition) is 4. The zero-order chi connectivity index (χ0) is 19.1.